The standard InChI is InChI=1S/C5H8N4O2/c1-2-9-7-3(5(10)11)4(6)8-9/h2H2,1H3,(H2,6,8)(H,10,11). The van der Waals surface area contributed by atoms with E-state index in [1.807, 2.05) is 0 Å². The highest BCUT2D eigenvalue weighted by atomic mass is 16.4. The van der Waals surface area contributed by atoms with Gasteiger partial charge in [0.2, 0.25) is 5.69 Å². The number of anilines is 1. The summed E-state index contributed by atoms with van der Waals surface area (Å²) in [6.45, 7) is 2.31. The van der Waals surface area contributed by atoms with Gasteiger partial charge in [-0.2, -0.15) is 4.80 Å². The van der Waals surface area contributed by atoms with E-state index in [9.17, 15) is 4.79 Å². The van der Waals surface area contributed by atoms with Crippen molar-refractivity contribution in [3.63, 3.8) is 0 Å². The van der Waals surface area contributed by atoms with Gasteiger partial charge in [0.15, 0.2) is 5.82 Å². The Morgan fingerprint density at radius 1 is 1.73 bits per heavy atom. The Bertz CT molecular complexity index is 280. The van der Waals surface area contributed by atoms with E-state index in [1.165, 1.54) is 4.80 Å². The van der Waals surface area contributed by atoms with Gasteiger partial charge in [-0.15, -0.1) is 10.2 Å². The second kappa shape index (κ2) is 2.57. The zero-order valence-corrected chi connectivity index (χ0v) is 5.98. The van der Waals surface area contributed by atoms with E-state index in [2.05, 4.69) is 10.2 Å². The molecule has 1 heterocycles. The SMILES string of the molecule is CCn1nc(N)c(C(=O)O)n1. The minimum absolute atomic E-state index is 0.0423. The fraction of sp³-hybridized carbons (Fsp3) is 0.400. The molecule has 0 bridgehead atoms. The molecule has 0 fully saturated rings. The summed E-state index contributed by atoms with van der Waals surface area (Å²) in [5.41, 5.74) is 5.05. The van der Waals surface area contributed by atoms with Crippen molar-refractivity contribution < 1.29 is 9.90 Å². The molecule has 6 heteroatoms. The Hall–Kier alpha value is -1.59. The van der Waals surface area contributed by atoms with E-state index in [0.717, 1.165) is 0 Å². The van der Waals surface area contributed by atoms with Gasteiger partial charge in [-0.05, 0) is 6.92 Å². The number of aryl methyl sites for hydroxylation is 1. The predicted octanol–water partition coefficient (Wildman–Crippen LogP) is -0.422. The number of hydrogen-bond donors (Lipinski definition) is 2. The third-order valence-electron chi connectivity index (χ3n) is 1.17. The van der Waals surface area contributed by atoms with E-state index < -0.39 is 5.97 Å². The van der Waals surface area contributed by atoms with Crippen LogP contribution in [0.3, 0.4) is 0 Å². The van der Waals surface area contributed by atoms with Gasteiger partial charge >= 0.3 is 5.97 Å². The monoisotopic (exact) mass is 156 g/mol. The third kappa shape index (κ3) is 1.28. The molecule has 0 amide bonds. The van der Waals surface area contributed by atoms with E-state index >= 15 is 0 Å². The van der Waals surface area contributed by atoms with Gasteiger partial charge in [0.05, 0.1) is 6.54 Å². The lowest BCUT2D eigenvalue weighted by Gasteiger charge is -1.86. The minimum atomic E-state index is -1.15. The van der Waals surface area contributed by atoms with Crippen molar-refractivity contribution in [1.29, 1.82) is 0 Å². The summed E-state index contributed by atoms with van der Waals surface area (Å²) in [5.74, 6) is -1.19. The average molecular weight is 156 g/mol. The number of aromatic carboxylic acids is 1. The summed E-state index contributed by atoms with van der Waals surface area (Å²) in [6.07, 6.45) is 0. The summed E-state index contributed by atoms with van der Waals surface area (Å²) < 4.78 is 0. The zero-order valence-electron chi connectivity index (χ0n) is 5.98. The van der Waals surface area contributed by atoms with Crippen LogP contribution in [0.25, 0.3) is 0 Å². The first-order valence-electron chi connectivity index (χ1n) is 3.09. The lowest BCUT2D eigenvalue weighted by molar-refractivity contribution is 0.0690. The van der Waals surface area contributed by atoms with Crippen LogP contribution >= 0.6 is 0 Å². The smallest absolute Gasteiger partial charge is 0.360 e. The van der Waals surface area contributed by atoms with Crippen molar-refractivity contribution in [3.05, 3.63) is 5.69 Å². The average Bonchev–Trinajstić information content (AvgIpc) is 2.30. The van der Waals surface area contributed by atoms with Gasteiger partial charge in [0, 0.05) is 0 Å². The molecule has 0 aliphatic heterocycles. The van der Waals surface area contributed by atoms with Crippen LogP contribution in [0, 0.1) is 0 Å². The highest BCUT2D eigenvalue weighted by Gasteiger charge is 2.13. The molecule has 60 valence electrons. The first-order valence-corrected chi connectivity index (χ1v) is 3.09. The summed E-state index contributed by atoms with van der Waals surface area (Å²) in [4.78, 5) is 11.6. The lowest BCUT2D eigenvalue weighted by Crippen LogP contribution is -2.02. The van der Waals surface area contributed by atoms with Gasteiger partial charge in [0.1, 0.15) is 0 Å². The number of nitrogens with zero attached hydrogens (tertiary/aromatic N) is 3. The van der Waals surface area contributed by atoms with Crippen LogP contribution in [0.2, 0.25) is 0 Å². The van der Waals surface area contributed by atoms with Gasteiger partial charge in [-0.1, -0.05) is 0 Å². The Labute approximate surface area is 62.6 Å². The largest absolute Gasteiger partial charge is 0.476 e. The number of aromatic nitrogens is 3. The number of hydrogen-bond acceptors (Lipinski definition) is 4. The number of rotatable bonds is 2. The Kier molecular flexibility index (Phi) is 1.75. The molecule has 3 N–H and O–H groups in total. The molecule has 0 atom stereocenters. The fourth-order valence-corrected chi connectivity index (χ4v) is 0.654. The molecule has 0 saturated heterocycles. The van der Waals surface area contributed by atoms with Crippen LogP contribution in [-0.4, -0.2) is 26.1 Å². The maximum atomic E-state index is 10.4. The lowest BCUT2D eigenvalue weighted by atomic mass is 10.4. The number of nitrogen functional groups attached to an aromatic ring is 1. The van der Waals surface area contributed by atoms with E-state index in [1.54, 1.807) is 6.92 Å². The summed E-state index contributed by atoms with van der Waals surface area (Å²) in [6, 6.07) is 0. The number of nitrogens with two attached hydrogens (primary N) is 1. The molecule has 6 nitrogen and oxygen atoms in total. The molecule has 1 aromatic heterocycles. The highest BCUT2D eigenvalue weighted by Crippen LogP contribution is 2.03. The van der Waals surface area contributed by atoms with Crippen molar-refractivity contribution >= 4 is 11.8 Å². The molecule has 0 radical (unpaired) electrons. The van der Waals surface area contributed by atoms with Crippen LogP contribution in [0.5, 0.6) is 0 Å². The molecule has 0 saturated carbocycles. The second-order valence-corrected chi connectivity index (χ2v) is 1.93. The van der Waals surface area contributed by atoms with Crippen LogP contribution in [0.4, 0.5) is 5.82 Å². The topological polar surface area (TPSA) is 94.0 Å². The summed E-state index contributed by atoms with van der Waals surface area (Å²) in [7, 11) is 0. The van der Waals surface area contributed by atoms with Crippen LogP contribution in [0.1, 0.15) is 17.4 Å². The van der Waals surface area contributed by atoms with E-state index in [4.69, 9.17) is 10.8 Å². The normalized spacial score (nSPS) is 9.91. The maximum absolute atomic E-state index is 10.4. The van der Waals surface area contributed by atoms with Crippen molar-refractivity contribution in [3.8, 4) is 0 Å². The van der Waals surface area contributed by atoms with Crippen molar-refractivity contribution in [2.75, 3.05) is 5.73 Å². The first kappa shape index (κ1) is 7.52. The molecular formula is C5H8N4O2. The summed E-state index contributed by atoms with van der Waals surface area (Å²) >= 11 is 0. The molecule has 0 aromatic carbocycles. The van der Waals surface area contributed by atoms with Gasteiger partial charge in [-0.3, -0.25) is 0 Å². The highest BCUT2D eigenvalue weighted by molar-refractivity contribution is 5.89. The van der Waals surface area contributed by atoms with Crippen molar-refractivity contribution in [1.82, 2.24) is 15.0 Å². The molecule has 1 rings (SSSR count). The number of carbonyl (C=O) groups is 1. The first-order chi connectivity index (χ1) is 5.15. The Morgan fingerprint density at radius 2 is 2.36 bits per heavy atom. The molecule has 11 heavy (non-hydrogen) atoms. The number of carboxylic acid groups (broad SMARTS) is 1. The van der Waals surface area contributed by atoms with Crippen LogP contribution < -0.4 is 5.73 Å². The maximum Gasteiger partial charge on any atom is 0.360 e. The Morgan fingerprint density at radius 3 is 2.64 bits per heavy atom. The second-order valence-electron chi connectivity index (χ2n) is 1.93. The molecule has 0 unspecified atom stereocenters. The van der Waals surface area contributed by atoms with E-state index in [-0.39, 0.29) is 11.5 Å². The molecule has 1 aromatic rings. The molecule has 0 spiro atoms. The van der Waals surface area contributed by atoms with E-state index in [0.29, 0.717) is 6.54 Å². The zero-order chi connectivity index (χ0) is 8.43. The third-order valence-corrected chi connectivity index (χ3v) is 1.17. The van der Waals surface area contributed by atoms with Gasteiger partial charge < -0.3 is 10.8 Å². The minimum Gasteiger partial charge on any atom is -0.476 e. The predicted molar refractivity (Wildman–Crippen MR) is 37.1 cm³/mol. The van der Waals surface area contributed by atoms with Crippen molar-refractivity contribution in [2.45, 2.75) is 13.5 Å². The Balaban J connectivity index is 3.07. The van der Waals surface area contributed by atoms with Gasteiger partial charge in [0.25, 0.3) is 0 Å². The molecular weight excluding hydrogens is 148 g/mol. The van der Waals surface area contributed by atoms with Crippen LogP contribution in [0.15, 0.2) is 0 Å². The molecule has 0 aliphatic rings. The quantitative estimate of drug-likeness (QED) is 0.606. The fourth-order valence-electron chi connectivity index (χ4n) is 0.654. The molecule has 0 aliphatic carbocycles. The van der Waals surface area contributed by atoms with Crippen molar-refractivity contribution in [2.24, 2.45) is 0 Å². The van der Waals surface area contributed by atoms with Crippen LogP contribution in [-0.2, 0) is 6.54 Å². The summed E-state index contributed by atoms with van der Waals surface area (Å²) in [5, 5.41) is 15.7. The van der Waals surface area contributed by atoms with Gasteiger partial charge in [-0.25, -0.2) is 4.79 Å². The number of carboxylic acids is 1.